The predicted molar refractivity (Wildman–Crippen MR) is 86.1 cm³/mol. The number of halogens is 2. The zero-order valence-corrected chi connectivity index (χ0v) is 13.0. The minimum absolute atomic E-state index is 0.0294. The van der Waals surface area contributed by atoms with Gasteiger partial charge in [0.15, 0.2) is 0 Å². The Morgan fingerprint density at radius 1 is 1.29 bits per heavy atom. The summed E-state index contributed by atoms with van der Waals surface area (Å²) < 4.78 is 25.2. The molecule has 1 aliphatic rings. The number of aromatic nitrogens is 2. The van der Waals surface area contributed by atoms with Crippen LogP contribution in [0.4, 0.5) is 14.5 Å². The van der Waals surface area contributed by atoms with Gasteiger partial charge in [-0.1, -0.05) is 18.2 Å². The standard InChI is InChI=1S/C17H18F2N4O/c18-16(19)14-8-15(22-11-21-14)17(24)20-9-12-6-7-23(10-12)13-4-2-1-3-5-13/h1-5,8,11-12,16H,6-7,9-10H2,(H,20,24). The largest absolute Gasteiger partial charge is 0.371 e. The second-order valence-corrected chi connectivity index (χ2v) is 5.78. The van der Waals surface area contributed by atoms with E-state index in [0.717, 1.165) is 31.9 Å². The molecule has 3 rings (SSSR count). The van der Waals surface area contributed by atoms with E-state index in [0.29, 0.717) is 12.5 Å². The first-order valence-corrected chi connectivity index (χ1v) is 7.82. The minimum atomic E-state index is -2.71. The molecule has 1 fully saturated rings. The van der Waals surface area contributed by atoms with Gasteiger partial charge in [0.25, 0.3) is 12.3 Å². The van der Waals surface area contributed by atoms with E-state index in [-0.39, 0.29) is 5.69 Å². The lowest BCUT2D eigenvalue weighted by Gasteiger charge is -2.18. The zero-order valence-electron chi connectivity index (χ0n) is 13.0. The highest BCUT2D eigenvalue weighted by molar-refractivity contribution is 5.92. The number of carbonyl (C=O) groups is 1. The molecule has 1 unspecified atom stereocenters. The highest BCUT2D eigenvalue weighted by Gasteiger charge is 2.23. The van der Waals surface area contributed by atoms with E-state index in [1.165, 1.54) is 5.69 Å². The van der Waals surface area contributed by atoms with Crippen LogP contribution in [0, 0.1) is 5.92 Å². The van der Waals surface area contributed by atoms with E-state index < -0.39 is 18.0 Å². The van der Waals surface area contributed by atoms with Gasteiger partial charge in [0.05, 0.1) is 0 Å². The van der Waals surface area contributed by atoms with Crippen LogP contribution in [0.5, 0.6) is 0 Å². The van der Waals surface area contributed by atoms with Gasteiger partial charge in [-0.15, -0.1) is 0 Å². The van der Waals surface area contributed by atoms with E-state index in [1.54, 1.807) is 0 Å². The minimum Gasteiger partial charge on any atom is -0.371 e. The summed E-state index contributed by atoms with van der Waals surface area (Å²) >= 11 is 0. The molecule has 24 heavy (non-hydrogen) atoms. The number of rotatable bonds is 5. The van der Waals surface area contributed by atoms with Crippen molar-refractivity contribution in [3.63, 3.8) is 0 Å². The van der Waals surface area contributed by atoms with Crippen molar-refractivity contribution in [1.29, 1.82) is 0 Å². The molecule has 7 heteroatoms. The van der Waals surface area contributed by atoms with Crippen molar-refractivity contribution in [1.82, 2.24) is 15.3 Å². The molecule has 5 nitrogen and oxygen atoms in total. The van der Waals surface area contributed by atoms with Gasteiger partial charge in [0, 0.05) is 25.3 Å². The third-order valence-electron chi connectivity index (χ3n) is 4.10. The SMILES string of the molecule is O=C(NCC1CCN(c2ccccc2)C1)c1cc(C(F)F)ncn1. The number of anilines is 1. The fourth-order valence-electron chi connectivity index (χ4n) is 2.82. The number of hydrogen-bond acceptors (Lipinski definition) is 4. The van der Waals surface area contributed by atoms with Gasteiger partial charge in [-0.05, 0) is 30.5 Å². The molecule has 1 aromatic heterocycles. The Morgan fingerprint density at radius 2 is 2.08 bits per heavy atom. The fourth-order valence-corrected chi connectivity index (χ4v) is 2.82. The molecular weight excluding hydrogens is 314 g/mol. The van der Waals surface area contributed by atoms with Gasteiger partial charge in [0.1, 0.15) is 17.7 Å². The van der Waals surface area contributed by atoms with Crippen molar-refractivity contribution < 1.29 is 13.6 Å². The second-order valence-electron chi connectivity index (χ2n) is 5.78. The van der Waals surface area contributed by atoms with Crippen LogP contribution in [0.3, 0.4) is 0 Å². The Balaban J connectivity index is 1.53. The summed E-state index contributed by atoms with van der Waals surface area (Å²) in [5.74, 6) is -0.122. The first kappa shape index (κ1) is 16.3. The lowest BCUT2D eigenvalue weighted by atomic mass is 10.1. The van der Waals surface area contributed by atoms with E-state index >= 15 is 0 Å². The molecule has 2 heterocycles. The summed E-state index contributed by atoms with van der Waals surface area (Å²) in [6.45, 7) is 2.29. The van der Waals surface area contributed by atoms with Crippen molar-refractivity contribution in [3.8, 4) is 0 Å². The Hall–Kier alpha value is -2.57. The summed E-state index contributed by atoms with van der Waals surface area (Å²) in [5.41, 5.74) is 0.702. The van der Waals surface area contributed by atoms with Gasteiger partial charge in [0.2, 0.25) is 0 Å². The van der Waals surface area contributed by atoms with Crippen molar-refractivity contribution in [2.45, 2.75) is 12.8 Å². The number of hydrogen-bond donors (Lipinski definition) is 1. The number of amides is 1. The smallest absolute Gasteiger partial charge is 0.280 e. The van der Waals surface area contributed by atoms with E-state index in [9.17, 15) is 13.6 Å². The van der Waals surface area contributed by atoms with Gasteiger partial charge in [-0.25, -0.2) is 18.7 Å². The monoisotopic (exact) mass is 332 g/mol. The Labute approximate surface area is 138 Å². The molecule has 1 aliphatic heterocycles. The van der Waals surface area contributed by atoms with Gasteiger partial charge >= 0.3 is 0 Å². The van der Waals surface area contributed by atoms with Crippen LogP contribution in [0.1, 0.15) is 29.0 Å². The Kier molecular flexibility index (Phi) is 4.98. The molecule has 126 valence electrons. The molecule has 0 saturated carbocycles. The summed E-state index contributed by atoms with van der Waals surface area (Å²) in [5, 5.41) is 2.78. The molecule has 0 radical (unpaired) electrons. The van der Waals surface area contributed by atoms with Crippen LogP contribution in [-0.2, 0) is 0 Å². The molecule has 0 spiro atoms. The summed E-state index contributed by atoms with van der Waals surface area (Å²) in [7, 11) is 0. The molecular formula is C17H18F2N4O. The van der Waals surface area contributed by atoms with Crippen LogP contribution < -0.4 is 10.2 Å². The molecule has 1 N–H and O–H groups in total. The quantitative estimate of drug-likeness (QED) is 0.914. The van der Waals surface area contributed by atoms with Crippen LogP contribution in [-0.4, -0.2) is 35.5 Å². The number of nitrogens with zero attached hydrogens (tertiary/aromatic N) is 3. The molecule has 1 aromatic carbocycles. The Bertz CT molecular complexity index is 696. The maximum Gasteiger partial charge on any atom is 0.280 e. The molecule has 2 aromatic rings. The van der Waals surface area contributed by atoms with E-state index in [2.05, 4.69) is 32.3 Å². The average Bonchev–Trinajstić information content (AvgIpc) is 3.09. The number of alkyl halides is 2. The van der Waals surface area contributed by atoms with Crippen molar-refractivity contribution in [3.05, 3.63) is 54.1 Å². The van der Waals surface area contributed by atoms with E-state index in [1.807, 2.05) is 18.2 Å². The number of nitrogens with one attached hydrogen (secondary N) is 1. The molecule has 1 atom stereocenters. The molecule has 1 saturated heterocycles. The van der Waals surface area contributed by atoms with Gasteiger partial charge < -0.3 is 10.2 Å². The third-order valence-corrected chi connectivity index (χ3v) is 4.10. The summed E-state index contributed by atoms with van der Waals surface area (Å²) in [6.07, 6.45) is -0.751. The maximum absolute atomic E-state index is 12.6. The lowest BCUT2D eigenvalue weighted by Crippen LogP contribution is -2.31. The number of para-hydroxylation sites is 1. The van der Waals surface area contributed by atoms with Crippen LogP contribution in [0.25, 0.3) is 0 Å². The lowest BCUT2D eigenvalue weighted by molar-refractivity contribution is 0.0942. The Morgan fingerprint density at radius 3 is 2.83 bits per heavy atom. The maximum atomic E-state index is 12.6. The zero-order chi connectivity index (χ0) is 16.9. The van der Waals surface area contributed by atoms with Gasteiger partial charge in [-0.3, -0.25) is 4.79 Å². The highest BCUT2D eigenvalue weighted by Crippen LogP contribution is 2.23. The van der Waals surface area contributed by atoms with Crippen LogP contribution in [0.15, 0.2) is 42.7 Å². The first-order chi connectivity index (χ1) is 11.6. The van der Waals surface area contributed by atoms with Crippen molar-refractivity contribution >= 4 is 11.6 Å². The highest BCUT2D eigenvalue weighted by atomic mass is 19.3. The average molecular weight is 332 g/mol. The molecule has 1 amide bonds. The van der Waals surface area contributed by atoms with Crippen molar-refractivity contribution in [2.75, 3.05) is 24.5 Å². The normalized spacial score (nSPS) is 17.3. The van der Waals surface area contributed by atoms with Gasteiger partial charge in [-0.2, -0.15) is 0 Å². The van der Waals surface area contributed by atoms with E-state index in [4.69, 9.17) is 0 Å². The summed E-state index contributed by atoms with van der Waals surface area (Å²) in [4.78, 5) is 21.6. The third kappa shape index (κ3) is 3.84. The predicted octanol–water partition coefficient (Wildman–Crippen LogP) is 2.67. The molecule has 0 aliphatic carbocycles. The van der Waals surface area contributed by atoms with Crippen molar-refractivity contribution in [2.24, 2.45) is 5.92 Å². The fraction of sp³-hybridized carbons (Fsp3) is 0.353. The summed E-state index contributed by atoms with van der Waals surface area (Å²) in [6, 6.07) is 11.1. The number of carbonyl (C=O) groups excluding carboxylic acids is 1. The first-order valence-electron chi connectivity index (χ1n) is 7.82. The molecule has 0 bridgehead atoms. The van der Waals surface area contributed by atoms with Crippen LogP contribution in [0.2, 0.25) is 0 Å². The topological polar surface area (TPSA) is 58.1 Å². The second kappa shape index (κ2) is 7.33. The van der Waals surface area contributed by atoms with Crippen LogP contribution >= 0.6 is 0 Å². The number of benzene rings is 1.